The van der Waals surface area contributed by atoms with Crippen LogP contribution in [-0.4, -0.2) is 11.9 Å². The summed E-state index contributed by atoms with van der Waals surface area (Å²) >= 11 is 5.69. The molecule has 1 rings (SSSR count). The van der Waals surface area contributed by atoms with E-state index >= 15 is 0 Å². The molecule has 1 fully saturated rings. The summed E-state index contributed by atoms with van der Waals surface area (Å²) in [4.78, 5) is 0. The molecule has 2 N–H and O–H groups in total. The van der Waals surface area contributed by atoms with Gasteiger partial charge in [0, 0.05) is 11.9 Å². The van der Waals surface area contributed by atoms with Crippen molar-refractivity contribution in [2.24, 2.45) is 11.7 Å². The fourth-order valence-electron chi connectivity index (χ4n) is 1.47. The predicted molar refractivity (Wildman–Crippen MR) is 40.7 cm³/mol. The summed E-state index contributed by atoms with van der Waals surface area (Å²) in [6, 6.07) is 0.433. The zero-order chi connectivity index (χ0) is 6.69. The van der Waals surface area contributed by atoms with Crippen LogP contribution in [-0.2, 0) is 0 Å². The smallest absolute Gasteiger partial charge is 0.0252 e. The summed E-state index contributed by atoms with van der Waals surface area (Å²) in [6.07, 6.45) is 4.91. The highest BCUT2D eigenvalue weighted by Gasteiger charge is 2.17. The van der Waals surface area contributed by atoms with Crippen LogP contribution in [0.5, 0.6) is 0 Å². The average molecular weight is 148 g/mol. The van der Waals surface area contributed by atoms with Gasteiger partial charge in [-0.3, -0.25) is 0 Å². The van der Waals surface area contributed by atoms with E-state index in [-0.39, 0.29) is 0 Å². The Kier molecular flexibility index (Phi) is 2.80. The van der Waals surface area contributed by atoms with Crippen molar-refractivity contribution in [3.8, 4) is 0 Å². The van der Waals surface area contributed by atoms with Crippen LogP contribution < -0.4 is 5.73 Å². The number of nitrogens with two attached hydrogens (primary N) is 1. The SMILES string of the molecule is N[C@H]1CCC[C@@H](CCl)C1. The van der Waals surface area contributed by atoms with Crippen molar-refractivity contribution in [3.63, 3.8) is 0 Å². The van der Waals surface area contributed by atoms with Crippen molar-refractivity contribution < 1.29 is 0 Å². The summed E-state index contributed by atoms with van der Waals surface area (Å²) in [5.74, 6) is 1.50. The van der Waals surface area contributed by atoms with E-state index in [1.807, 2.05) is 0 Å². The molecule has 1 nitrogen and oxygen atoms in total. The summed E-state index contributed by atoms with van der Waals surface area (Å²) in [5.41, 5.74) is 5.74. The minimum Gasteiger partial charge on any atom is -0.328 e. The Morgan fingerprint density at radius 1 is 1.44 bits per heavy atom. The van der Waals surface area contributed by atoms with Gasteiger partial charge in [0.05, 0.1) is 0 Å². The van der Waals surface area contributed by atoms with Gasteiger partial charge in [-0.25, -0.2) is 0 Å². The largest absolute Gasteiger partial charge is 0.328 e. The number of halogens is 1. The van der Waals surface area contributed by atoms with Crippen molar-refractivity contribution in [2.45, 2.75) is 31.7 Å². The molecule has 2 heteroatoms. The van der Waals surface area contributed by atoms with Gasteiger partial charge in [0.2, 0.25) is 0 Å². The predicted octanol–water partition coefficient (Wildman–Crippen LogP) is 1.74. The van der Waals surface area contributed by atoms with Gasteiger partial charge >= 0.3 is 0 Å². The van der Waals surface area contributed by atoms with E-state index in [0.717, 1.165) is 12.3 Å². The number of hydrogen-bond donors (Lipinski definition) is 1. The lowest BCUT2D eigenvalue weighted by Gasteiger charge is -2.24. The maximum Gasteiger partial charge on any atom is 0.0252 e. The fourth-order valence-corrected chi connectivity index (χ4v) is 1.75. The number of alkyl halides is 1. The van der Waals surface area contributed by atoms with Crippen LogP contribution in [0.15, 0.2) is 0 Å². The molecule has 0 aliphatic heterocycles. The van der Waals surface area contributed by atoms with Gasteiger partial charge in [0.25, 0.3) is 0 Å². The standard InChI is InChI=1S/C7H14ClN/c8-5-6-2-1-3-7(9)4-6/h6-7H,1-5,9H2/t6-,7+/m1/s1. The molecule has 0 amide bonds. The number of rotatable bonds is 1. The van der Waals surface area contributed by atoms with E-state index in [1.54, 1.807) is 0 Å². The Morgan fingerprint density at radius 2 is 2.22 bits per heavy atom. The Balaban J connectivity index is 2.23. The van der Waals surface area contributed by atoms with E-state index in [2.05, 4.69) is 0 Å². The van der Waals surface area contributed by atoms with Gasteiger partial charge < -0.3 is 5.73 Å². The second kappa shape index (κ2) is 3.43. The third-order valence-corrected chi connectivity index (χ3v) is 2.48. The molecule has 54 valence electrons. The van der Waals surface area contributed by atoms with E-state index in [1.165, 1.54) is 19.3 Å². The molecular weight excluding hydrogens is 134 g/mol. The molecule has 0 heterocycles. The lowest BCUT2D eigenvalue weighted by atomic mass is 9.87. The van der Waals surface area contributed by atoms with E-state index in [0.29, 0.717) is 12.0 Å². The van der Waals surface area contributed by atoms with E-state index < -0.39 is 0 Å². The summed E-state index contributed by atoms with van der Waals surface area (Å²) in [7, 11) is 0. The van der Waals surface area contributed by atoms with Crippen LogP contribution in [0.25, 0.3) is 0 Å². The molecular formula is C7H14ClN. The minimum absolute atomic E-state index is 0.433. The van der Waals surface area contributed by atoms with Crippen molar-refractivity contribution in [1.82, 2.24) is 0 Å². The second-order valence-corrected chi connectivity index (χ2v) is 3.26. The Morgan fingerprint density at radius 3 is 2.67 bits per heavy atom. The van der Waals surface area contributed by atoms with Crippen molar-refractivity contribution in [3.05, 3.63) is 0 Å². The molecule has 0 aromatic carbocycles. The summed E-state index contributed by atoms with van der Waals surface area (Å²) in [5, 5.41) is 0. The monoisotopic (exact) mass is 147 g/mol. The van der Waals surface area contributed by atoms with Crippen LogP contribution in [0.1, 0.15) is 25.7 Å². The first-order chi connectivity index (χ1) is 4.33. The van der Waals surface area contributed by atoms with Gasteiger partial charge in [0.1, 0.15) is 0 Å². The average Bonchev–Trinajstić information content (AvgIpc) is 1.88. The third-order valence-electron chi connectivity index (χ3n) is 2.04. The lowest BCUT2D eigenvalue weighted by Crippen LogP contribution is -2.28. The van der Waals surface area contributed by atoms with Gasteiger partial charge in [-0.05, 0) is 25.2 Å². The van der Waals surface area contributed by atoms with E-state index in [4.69, 9.17) is 17.3 Å². The van der Waals surface area contributed by atoms with Crippen LogP contribution in [0.4, 0.5) is 0 Å². The maximum atomic E-state index is 5.74. The van der Waals surface area contributed by atoms with E-state index in [9.17, 15) is 0 Å². The topological polar surface area (TPSA) is 26.0 Å². The van der Waals surface area contributed by atoms with Gasteiger partial charge in [-0.15, -0.1) is 11.6 Å². The fraction of sp³-hybridized carbons (Fsp3) is 1.00. The highest BCUT2D eigenvalue weighted by molar-refractivity contribution is 6.18. The van der Waals surface area contributed by atoms with Crippen LogP contribution in [0.2, 0.25) is 0 Å². The Labute approximate surface area is 61.6 Å². The zero-order valence-corrected chi connectivity index (χ0v) is 6.40. The molecule has 1 aliphatic rings. The van der Waals surface area contributed by atoms with Crippen LogP contribution in [0.3, 0.4) is 0 Å². The van der Waals surface area contributed by atoms with Gasteiger partial charge in [0.15, 0.2) is 0 Å². The van der Waals surface area contributed by atoms with Crippen molar-refractivity contribution in [1.29, 1.82) is 0 Å². The molecule has 0 radical (unpaired) electrons. The molecule has 0 saturated heterocycles. The molecule has 1 saturated carbocycles. The Hall–Kier alpha value is 0.250. The molecule has 0 aromatic heterocycles. The number of hydrogen-bond acceptors (Lipinski definition) is 1. The molecule has 2 atom stereocenters. The van der Waals surface area contributed by atoms with Crippen molar-refractivity contribution >= 4 is 11.6 Å². The summed E-state index contributed by atoms with van der Waals surface area (Å²) in [6.45, 7) is 0. The zero-order valence-electron chi connectivity index (χ0n) is 5.65. The third kappa shape index (κ3) is 2.15. The van der Waals surface area contributed by atoms with Gasteiger partial charge in [-0.1, -0.05) is 6.42 Å². The molecule has 0 aromatic rings. The first-order valence-corrected chi connectivity index (χ1v) is 4.18. The molecule has 0 spiro atoms. The lowest BCUT2D eigenvalue weighted by molar-refractivity contribution is 0.347. The molecule has 9 heavy (non-hydrogen) atoms. The first-order valence-electron chi connectivity index (χ1n) is 3.64. The van der Waals surface area contributed by atoms with Crippen molar-refractivity contribution in [2.75, 3.05) is 5.88 Å². The molecule has 1 aliphatic carbocycles. The first kappa shape index (κ1) is 7.36. The maximum absolute atomic E-state index is 5.74. The van der Waals surface area contributed by atoms with Crippen LogP contribution in [0, 0.1) is 5.92 Å². The Bertz CT molecular complexity index is 85.0. The highest BCUT2D eigenvalue weighted by atomic mass is 35.5. The quantitative estimate of drug-likeness (QED) is 0.562. The molecule has 0 bridgehead atoms. The normalized spacial score (nSPS) is 36.7. The van der Waals surface area contributed by atoms with Crippen LogP contribution >= 0.6 is 11.6 Å². The van der Waals surface area contributed by atoms with Gasteiger partial charge in [-0.2, -0.15) is 0 Å². The molecule has 0 unspecified atom stereocenters. The minimum atomic E-state index is 0.433. The second-order valence-electron chi connectivity index (χ2n) is 2.95. The highest BCUT2D eigenvalue weighted by Crippen LogP contribution is 2.23. The summed E-state index contributed by atoms with van der Waals surface area (Å²) < 4.78 is 0.